The summed E-state index contributed by atoms with van der Waals surface area (Å²) in [6, 6.07) is 15.5. The van der Waals surface area contributed by atoms with Crippen molar-refractivity contribution in [3.8, 4) is 5.75 Å². The molecule has 2 rings (SSSR count). The van der Waals surface area contributed by atoms with Gasteiger partial charge < -0.3 is 15.0 Å². The van der Waals surface area contributed by atoms with Crippen LogP contribution in [-0.4, -0.2) is 43.8 Å². The molecule has 1 N–H and O–H groups in total. The van der Waals surface area contributed by atoms with Crippen molar-refractivity contribution in [3.05, 3.63) is 65.2 Å². The summed E-state index contributed by atoms with van der Waals surface area (Å²) in [5.41, 5.74) is 2.59. The van der Waals surface area contributed by atoms with Gasteiger partial charge in [0, 0.05) is 24.2 Å². The number of hydrogen-bond acceptors (Lipinski definition) is 4. The van der Waals surface area contributed by atoms with Crippen LogP contribution in [0.2, 0.25) is 0 Å². The van der Waals surface area contributed by atoms with Crippen molar-refractivity contribution >= 4 is 11.7 Å². The van der Waals surface area contributed by atoms with Crippen molar-refractivity contribution in [3.63, 3.8) is 0 Å². The Balaban J connectivity index is 1.76. The maximum Gasteiger partial charge on any atom is 0.224 e. The molecule has 0 saturated carbocycles. The molecule has 0 bridgehead atoms. The number of nitrogens with zero attached hydrogens (tertiary/aromatic N) is 1. The average Bonchev–Trinajstić information content (AvgIpc) is 2.66. The first-order chi connectivity index (χ1) is 13.0. The molecule has 0 unspecified atom stereocenters. The second-order valence-corrected chi connectivity index (χ2v) is 6.69. The molecule has 5 heteroatoms. The molecule has 0 aliphatic carbocycles. The highest BCUT2D eigenvalue weighted by molar-refractivity contribution is 5.94. The van der Waals surface area contributed by atoms with Gasteiger partial charge in [-0.2, -0.15) is 0 Å². The number of nitrogens with one attached hydrogen (secondary N) is 1. The highest BCUT2D eigenvalue weighted by Gasteiger charge is 2.11. The van der Waals surface area contributed by atoms with E-state index in [4.69, 9.17) is 4.74 Å². The number of methoxy groups -OCH3 is 1. The van der Waals surface area contributed by atoms with Gasteiger partial charge in [-0.1, -0.05) is 30.3 Å². The third kappa shape index (κ3) is 6.87. The number of carbonyl (C=O) groups is 2. The third-order valence-corrected chi connectivity index (χ3v) is 4.37. The molecule has 0 aliphatic rings. The van der Waals surface area contributed by atoms with Gasteiger partial charge in [-0.3, -0.25) is 9.59 Å². The largest absolute Gasteiger partial charge is 0.496 e. The summed E-state index contributed by atoms with van der Waals surface area (Å²) in [6.45, 7) is 3.92. The van der Waals surface area contributed by atoms with Crippen LogP contribution in [0.5, 0.6) is 5.75 Å². The lowest BCUT2D eigenvalue weighted by Crippen LogP contribution is -2.29. The van der Waals surface area contributed by atoms with Crippen LogP contribution in [0.25, 0.3) is 0 Å². The fourth-order valence-corrected chi connectivity index (χ4v) is 2.92. The van der Waals surface area contributed by atoms with Gasteiger partial charge in [0.2, 0.25) is 5.91 Å². The minimum Gasteiger partial charge on any atom is -0.496 e. The molecule has 0 radical (unpaired) electrons. The first kappa shape index (κ1) is 20.6. The Morgan fingerprint density at radius 3 is 2.52 bits per heavy atom. The molecule has 0 fully saturated rings. The molecular weight excluding hydrogens is 340 g/mol. The SMILES string of the molecule is COc1ccc(C(C)=O)cc1CC(=O)NCCCN(C)Cc1ccccc1. The number of benzene rings is 2. The molecule has 0 aromatic heterocycles. The summed E-state index contributed by atoms with van der Waals surface area (Å²) in [5.74, 6) is 0.526. The van der Waals surface area contributed by atoms with E-state index < -0.39 is 0 Å². The normalized spacial score (nSPS) is 10.7. The number of ketones is 1. The van der Waals surface area contributed by atoms with E-state index in [-0.39, 0.29) is 18.1 Å². The van der Waals surface area contributed by atoms with Gasteiger partial charge in [-0.25, -0.2) is 0 Å². The molecule has 0 spiro atoms. The monoisotopic (exact) mass is 368 g/mol. The van der Waals surface area contributed by atoms with Gasteiger partial charge in [-0.15, -0.1) is 0 Å². The summed E-state index contributed by atoms with van der Waals surface area (Å²) in [6.07, 6.45) is 1.07. The topological polar surface area (TPSA) is 58.6 Å². The van der Waals surface area contributed by atoms with Crippen molar-refractivity contribution in [2.75, 3.05) is 27.2 Å². The molecule has 0 aliphatic heterocycles. The molecule has 5 nitrogen and oxygen atoms in total. The van der Waals surface area contributed by atoms with Crippen LogP contribution < -0.4 is 10.1 Å². The fraction of sp³-hybridized carbons (Fsp3) is 0.364. The van der Waals surface area contributed by atoms with E-state index in [9.17, 15) is 9.59 Å². The van der Waals surface area contributed by atoms with Gasteiger partial charge in [0.15, 0.2) is 5.78 Å². The second kappa shape index (κ2) is 10.5. The highest BCUT2D eigenvalue weighted by atomic mass is 16.5. The number of carbonyl (C=O) groups excluding carboxylic acids is 2. The third-order valence-electron chi connectivity index (χ3n) is 4.37. The van der Waals surface area contributed by atoms with Crippen molar-refractivity contribution in [2.45, 2.75) is 26.3 Å². The lowest BCUT2D eigenvalue weighted by atomic mass is 10.0. The van der Waals surface area contributed by atoms with Gasteiger partial charge in [0.25, 0.3) is 0 Å². The van der Waals surface area contributed by atoms with Crippen LogP contribution in [-0.2, 0) is 17.8 Å². The Morgan fingerprint density at radius 2 is 1.85 bits per heavy atom. The van der Waals surface area contributed by atoms with E-state index in [1.54, 1.807) is 25.3 Å². The van der Waals surface area contributed by atoms with Gasteiger partial charge in [0.1, 0.15) is 5.75 Å². The Labute approximate surface area is 161 Å². The van der Waals surface area contributed by atoms with E-state index in [2.05, 4.69) is 29.4 Å². The number of amides is 1. The van der Waals surface area contributed by atoms with Crippen molar-refractivity contribution < 1.29 is 14.3 Å². The molecular formula is C22H28N2O3. The van der Waals surface area contributed by atoms with Gasteiger partial charge in [0.05, 0.1) is 13.5 Å². The highest BCUT2D eigenvalue weighted by Crippen LogP contribution is 2.20. The summed E-state index contributed by atoms with van der Waals surface area (Å²) >= 11 is 0. The van der Waals surface area contributed by atoms with Crippen molar-refractivity contribution in [2.24, 2.45) is 0 Å². The first-order valence-corrected chi connectivity index (χ1v) is 9.16. The van der Waals surface area contributed by atoms with E-state index in [0.29, 0.717) is 17.9 Å². The van der Waals surface area contributed by atoms with Gasteiger partial charge in [-0.05, 0) is 50.7 Å². The van der Waals surface area contributed by atoms with Crippen LogP contribution in [0.15, 0.2) is 48.5 Å². The molecule has 2 aromatic carbocycles. The molecule has 0 heterocycles. The lowest BCUT2D eigenvalue weighted by molar-refractivity contribution is -0.120. The number of rotatable bonds is 10. The average molecular weight is 368 g/mol. The number of ether oxygens (including phenoxy) is 1. The Kier molecular flexibility index (Phi) is 8.01. The van der Waals surface area contributed by atoms with Crippen LogP contribution >= 0.6 is 0 Å². The van der Waals surface area contributed by atoms with Crippen LogP contribution in [0.4, 0.5) is 0 Å². The number of hydrogen-bond donors (Lipinski definition) is 1. The fourth-order valence-electron chi connectivity index (χ4n) is 2.92. The summed E-state index contributed by atoms with van der Waals surface area (Å²) < 4.78 is 5.30. The summed E-state index contributed by atoms with van der Waals surface area (Å²) in [5, 5.41) is 2.94. The zero-order chi connectivity index (χ0) is 19.6. The summed E-state index contributed by atoms with van der Waals surface area (Å²) in [4.78, 5) is 26.0. The lowest BCUT2D eigenvalue weighted by Gasteiger charge is -2.17. The van der Waals surface area contributed by atoms with Crippen molar-refractivity contribution in [1.82, 2.24) is 10.2 Å². The van der Waals surface area contributed by atoms with E-state index in [1.807, 2.05) is 18.2 Å². The minimum absolute atomic E-state index is 0.0271. The predicted octanol–water partition coefficient (Wildman–Crippen LogP) is 3.08. The molecule has 144 valence electrons. The molecule has 1 amide bonds. The zero-order valence-electron chi connectivity index (χ0n) is 16.3. The zero-order valence-corrected chi connectivity index (χ0v) is 16.3. The quantitative estimate of drug-likeness (QED) is 0.517. The molecule has 2 aromatic rings. The maximum absolute atomic E-state index is 12.2. The van der Waals surface area contributed by atoms with E-state index >= 15 is 0 Å². The first-order valence-electron chi connectivity index (χ1n) is 9.16. The Hall–Kier alpha value is -2.66. The molecule has 0 saturated heterocycles. The number of Topliss-reactive ketones (excluding diaryl/α,β-unsaturated/α-hetero) is 1. The maximum atomic E-state index is 12.2. The molecule has 27 heavy (non-hydrogen) atoms. The van der Waals surface area contributed by atoms with Crippen LogP contribution in [0.3, 0.4) is 0 Å². The summed E-state index contributed by atoms with van der Waals surface area (Å²) in [7, 11) is 3.64. The smallest absolute Gasteiger partial charge is 0.224 e. The Bertz CT molecular complexity index is 759. The standard InChI is InChI=1S/C22H28N2O3/c1-17(25)19-10-11-21(27-3)20(14-19)15-22(26)23-12-7-13-24(2)16-18-8-5-4-6-9-18/h4-6,8-11,14H,7,12-13,15-16H2,1-3H3,(H,23,26). The van der Waals surface area contributed by atoms with Crippen LogP contribution in [0.1, 0.15) is 34.8 Å². The van der Waals surface area contributed by atoms with E-state index in [0.717, 1.165) is 25.1 Å². The van der Waals surface area contributed by atoms with Gasteiger partial charge >= 0.3 is 0 Å². The van der Waals surface area contributed by atoms with E-state index in [1.165, 1.54) is 12.5 Å². The Morgan fingerprint density at radius 1 is 1.11 bits per heavy atom. The second-order valence-electron chi connectivity index (χ2n) is 6.69. The van der Waals surface area contributed by atoms with Crippen LogP contribution in [0, 0.1) is 0 Å². The minimum atomic E-state index is -0.0697. The van der Waals surface area contributed by atoms with Crippen molar-refractivity contribution in [1.29, 1.82) is 0 Å². The molecule has 0 atom stereocenters. The predicted molar refractivity (Wildman–Crippen MR) is 107 cm³/mol.